The zero-order chi connectivity index (χ0) is 19.0. The third-order valence-electron chi connectivity index (χ3n) is 3.98. The summed E-state index contributed by atoms with van der Waals surface area (Å²) in [5, 5.41) is 28.5. The first-order valence-electron chi connectivity index (χ1n) is 7.86. The van der Waals surface area contributed by atoms with Crippen molar-refractivity contribution in [3.05, 3.63) is 52.6 Å². The Morgan fingerprint density at radius 2 is 2.04 bits per heavy atom. The van der Waals surface area contributed by atoms with Gasteiger partial charge in [-0.2, -0.15) is 0 Å². The van der Waals surface area contributed by atoms with Gasteiger partial charge in [0, 0.05) is 17.5 Å². The Balaban J connectivity index is 1.59. The summed E-state index contributed by atoms with van der Waals surface area (Å²) in [6.45, 7) is -0.0276. The summed E-state index contributed by atoms with van der Waals surface area (Å²) in [4.78, 5) is 25.2. The molecule has 10 nitrogen and oxygen atoms in total. The van der Waals surface area contributed by atoms with Gasteiger partial charge in [-0.3, -0.25) is 14.9 Å². The molecule has 10 heteroatoms. The zero-order valence-electron chi connectivity index (χ0n) is 13.7. The summed E-state index contributed by atoms with van der Waals surface area (Å²) in [5.74, 6) is -0.111. The SMILES string of the molecule is O=C(N=Nc1c(O)[nH]c2ccc([N+](=O)[O-])cc12)C1COc2ccccc2O1. The van der Waals surface area contributed by atoms with Crippen LogP contribution in [-0.2, 0) is 4.79 Å². The molecule has 2 N–H and O–H groups in total. The van der Waals surface area contributed by atoms with Crippen LogP contribution in [0.2, 0.25) is 0 Å². The molecule has 3 aromatic rings. The largest absolute Gasteiger partial charge is 0.493 e. The van der Waals surface area contributed by atoms with Crippen molar-refractivity contribution in [2.24, 2.45) is 10.2 Å². The van der Waals surface area contributed by atoms with E-state index >= 15 is 0 Å². The van der Waals surface area contributed by atoms with Gasteiger partial charge < -0.3 is 19.6 Å². The number of fused-ring (bicyclic) bond motifs is 2. The normalized spacial score (nSPS) is 15.9. The van der Waals surface area contributed by atoms with Crippen LogP contribution in [0.15, 0.2) is 52.7 Å². The molecule has 1 aliphatic heterocycles. The smallest absolute Gasteiger partial charge is 0.308 e. The number of benzene rings is 2. The van der Waals surface area contributed by atoms with Gasteiger partial charge in [-0.25, -0.2) is 0 Å². The number of para-hydroxylation sites is 2. The lowest BCUT2D eigenvalue weighted by molar-refractivity contribution is -0.384. The fourth-order valence-electron chi connectivity index (χ4n) is 2.67. The minimum absolute atomic E-state index is 0.0276. The number of aromatic hydroxyl groups is 1. The van der Waals surface area contributed by atoms with Crippen molar-refractivity contribution in [1.29, 1.82) is 0 Å². The van der Waals surface area contributed by atoms with Crippen LogP contribution in [0.1, 0.15) is 0 Å². The standard InChI is InChI=1S/C17H12N4O6/c22-16(14-8-26-12-3-1-2-4-13(12)27-14)20-19-15-10-7-9(21(24)25)5-6-11(10)18-17(15)23/h1-7,14,18,23H,8H2. The number of aromatic nitrogens is 1. The molecule has 2 aromatic carbocycles. The van der Waals surface area contributed by atoms with Crippen LogP contribution in [0.3, 0.4) is 0 Å². The van der Waals surface area contributed by atoms with Crippen molar-refractivity contribution in [2.45, 2.75) is 6.10 Å². The number of ether oxygens (including phenoxy) is 2. The highest BCUT2D eigenvalue weighted by atomic mass is 16.6. The summed E-state index contributed by atoms with van der Waals surface area (Å²) in [6.07, 6.45) is -0.981. The molecular weight excluding hydrogens is 356 g/mol. The molecule has 1 atom stereocenters. The van der Waals surface area contributed by atoms with E-state index in [1.165, 1.54) is 18.2 Å². The number of nitrogens with zero attached hydrogens (tertiary/aromatic N) is 3. The second kappa shape index (κ2) is 6.41. The summed E-state index contributed by atoms with van der Waals surface area (Å²) in [6, 6.07) is 10.9. The van der Waals surface area contributed by atoms with Crippen LogP contribution in [-0.4, -0.2) is 33.6 Å². The first-order valence-corrected chi connectivity index (χ1v) is 7.86. The second-order valence-electron chi connectivity index (χ2n) is 5.71. The highest BCUT2D eigenvalue weighted by Gasteiger charge is 2.27. The maximum atomic E-state index is 12.3. The number of amides is 1. The Hall–Kier alpha value is -3.95. The summed E-state index contributed by atoms with van der Waals surface area (Å²) >= 11 is 0. The number of nitro groups is 1. The van der Waals surface area contributed by atoms with E-state index in [4.69, 9.17) is 9.47 Å². The van der Waals surface area contributed by atoms with E-state index in [0.29, 0.717) is 17.0 Å². The van der Waals surface area contributed by atoms with Crippen molar-refractivity contribution >= 4 is 28.2 Å². The van der Waals surface area contributed by atoms with Crippen LogP contribution >= 0.6 is 0 Å². The molecule has 27 heavy (non-hydrogen) atoms. The van der Waals surface area contributed by atoms with Gasteiger partial charge in [-0.1, -0.05) is 12.1 Å². The quantitative estimate of drug-likeness (QED) is 0.413. The molecule has 136 valence electrons. The van der Waals surface area contributed by atoms with Crippen LogP contribution in [0.5, 0.6) is 17.4 Å². The summed E-state index contributed by atoms with van der Waals surface area (Å²) < 4.78 is 11.0. The number of hydrogen-bond donors (Lipinski definition) is 2. The lowest BCUT2D eigenvalue weighted by Crippen LogP contribution is -2.35. The number of azo groups is 1. The van der Waals surface area contributed by atoms with Gasteiger partial charge in [0.15, 0.2) is 17.2 Å². The molecule has 1 aliphatic rings. The number of carbonyl (C=O) groups excluding carboxylic acids is 1. The molecule has 4 rings (SSSR count). The van der Waals surface area contributed by atoms with Gasteiger partial charge in [0.2, 0.25) is 12.0 Å². The fraction of sp³-hybridized carbons (Fsp3) is 0.118. The number of nitro benzene ring substituents is 1. The Morgan fingerprint density at radius 3 is 2.81 bits per heavy atom. The van der Waals surface area contributed by atoms with Crippen molar-refractivity contribution in [3.63, 3.8) is 0 Å². The molecule has 0 saturated carbocycles. The van der Waals surface area contributed by atoms with Crippen molar-refractivity contribution in [3.8, 4) is 17.4 Å². The van der Waals surface area contributed by atoms with E-state index < -0.39 is 16.9 Å². The molecule has 1 aromatic heterocycles. The van der Waals surface area contributed by atoms with Gasteiger partial charge in [-0.05, 0) is 18.2 Å². The highest BCUT2D eigenvalue weighted by molar-refractivity contribution is 5.96. The number of hydrogen-bond acceptors (Lipinski definition) is 7. The zero-order valence-corrected chi connectivity index (χ0v) is 13.7. The highest BCUT2D eigenvalue weighted by Crippen LogP contribution is 2.37. The average Bonchev–Trinajstić information content (AvgIpc) is 2.99. The van der Waals surface area contributed by atoms with E-state index in [-0.39, 0.29) is 29.2 Å². The molecule has 0 aliphatic carbocycles. The number of nitrogens with one attached hydrogen (secondary N) is 1. The van der Waals surface area contributed by atoms with Gasteiger partial charge in [0.05, 0.1) is 10.4 Å². The third kappa shape index (κ3) is 3.03. The van der Waals surface area contributed by atoms with Gasteiger partial charge in [0.25, 0.3) is 5.69 Å². The molecule has 1 amide bonds. The Kier molecular flexibility index (Phi) is 3.92. The van der Waals surface area contributed by atoms with Crippen LogP contribution < -0.4 is 9.47 Å². The minimum atomic E-state index is -0.981. The maximum absolute atomic E-state index is 12.3. The van der Waals surface area contributed by atoms with E-state index in [1.54, 1.807) is 24.3 Å². The summed E-state index contributed by atoms with van der Waals surface area (Å²) in [7, 11) is 0. The van der Waals surface area contributed by atoms with Gasteiger partial charge >= 0.3 is 5.91 Å². The lowest BCUT2D eigenvalue weighted by Gasteiger charge is -2.23. The van der Waals surface area contributed by atoms with Crippen LogP contribution in [0, 0.1) is 10.1 Å². The molecular formula is C17H12N4O6. The Morgan fingerprint density at radius 1 is 1.26 bits per heavy atom. The Labute approximate surface area is 151 Å². The number of H-pyrrole nitrogens is 1. The average molecular weight is 368 g/mol. The monoisotopic (exact) mass is 368 g/mol. The van der Waals surface area contributed by atoms with Gasteiger partial charge in [-0.15, -0.1) is 10.2 Å². The van der Waals surface area contributed by atoms with Crippen LogP contribution in [0.4, 0.5) is 11.4 Å². The molecule has 0 fully saturated rings. The third-order valence-corrected chi connectivity index (χ3v) is 3.98. The molecule has 0 spiro atoms. The predicted molar refractivity (Wildman–Crippen MR) is 92.5 cm³/mol. The minimum Gasteiger partial charge on any atom is -0.493 e. The molecule has 2 heterocycles. The van der Waals surface area contributed by atoms with E-state index in [0.717, 1.165) is 0 Å². The molecule has 0 bridgehead atoms. The summed E-state index contributed by atoms with van der Waals surface area (Å²) in [5.41, 5.74) is 0.176. The lowest BCUT2D eigenvalue weighted by atomic mass is 10.2. The number of aromatic amines is 1. The fourth-order valence-corrected chi connectivity index (χ4v) is 2.67. The first-order chi connectivity index (χ1) is 13.0. The second-order valence-corrected chi connectivity index (χ2v) is 5.71. The maximum Gasteiger partial charge on any atom is 0.308 e. The van der Waals surface area contributed by atoms with Gasteiger partial charge in [0.1, 0.15) is 6.61 Å². The molecule has 0 saturated heterocycles. The van der Waals surface area contributed by atoms with Crippen molar-refractivity contribution < 1.29 is 24.3 Å². The topological polar surface area (TPSA) is 139 Å². The van der Waals surface area contributed by atoms with E-state index in [1.807, 2.05) is 0 Å². The van der Waals surface area contributed by atoms with Crippen molar-refractivity contribution in [2.75, 3.05) is 6.61 Å². The van der Waals surface area contributed by atoms with E-state index in [2.05, 4.69) is 15.2 Å². The first kappa shape index (κ1) is 16.5. The number of rotatable bonds is 3. The molecule has 1 unspecified atom stereocenters. The van der Waals surface area contributed by atoms with Crippen LogP contribution in [0.25, 0.3) is 10.9 Å². The Bertz CT molecular complexity index is 1090. The molecule has 0 radical (unpaired) electrons. The van der Waals surface area contributed by atoms with E-state index in [9.17, 15) is 20.0 Å². The van der Waals surface area contributed by atoms with Crippen molar-refractivity contribution in [1.82, 2.24) is 4.98 Å². The number of non-ortho nitro benzene ring substituents is 1. The predicted octanol–water partition coefficient (Wildman–Crippen LogP) is 3.23. The number of carbonyl (C=O) groups is 1.